The molecule has 0 aliphatic rings. The van der Waals surface area contributed by atoms with Crippen molar-refractivity contribution in [1.29, 1.82) is 0 Å². The zero-order valence-corrected chi connectivity index (χ0v) is 16.9. The lowest BCUT2D eigenvalue weighted by atomic mass is 10.1. The summed E-state index contributed by atoms with van der Waals surface area (Å²) < 4.78 is 24.5. The maximum Gasteiger partial charge on any atom is 0.251 e. The van der Waals surface area contributed by atoms with Gasteiger partial charge in [0.25, 0.3) is 5.91 Å². The number of carbonyl (C=O) groups is 1. The first-order valence-corrected chi connectivity index (χ1v) is 11.2. The van der Waals surface area contributed by atoms with Gasteiger partial charge in [-0.05, 0) is 36.2 Å². The van der Waals surface area contributed by atoms with Crippen LogP contribution in [0.25, 0.3) is 0 Å². The van der Waals surface area contributed by atoms with E-state index < -0.39 is 10.0 Å². The number of rotatable bonds is 8. The molecule has 0 atom stereocenters. The second-order valence-corrected chi connectivity index (χ2v) is 9.14. The average molecular weight is 393 g/mol. The van der Waals surface area contributed by atoms with E-state index in [0.717, 1.165) is 23.3 Å². The van der Waals surface area contributed by atoms with Crippen LogP contribution in [-0.4, -0.2) is 39.9 Å². The van der Waals surface area contributed by atoms with Crippen molar-refractivity contribution in [2.24, 2.45) is 0 Å². The number of nitrogens with zero attached hydrogens (tertiary/aromatic N) is 1. The van der Waals surface area contributed by atoms with E-state index in [0.29, 0.717) is 17.8 Å². The average Bonchev–Trinajstić information content (AvgIpc) is 2.60. The van der Waals surface area contributed by atoms with E-state index in [1.54, 1.807) is 36.9 Å². The Morgan fingerprint density at radius 2 is 1.85 bits per heavy atom. The van der Waals surface area contributed by atoms with Crippen LogP contribution in [0.15, 0.2) is 48.5 Å². The van der Waals surface area contributed by atoms with Gasteiger partial charge < -0.3 is 5.32 Å². The highest BCUT2D eigenvalue weighted by atomic mass is 32.2. The molecule has 0 aromatic heterocycles. The first kappa shape index (κ1) is 20.3. The van der Waals surface area contributed by atoms with Gasteiger partial charge in [0, 0.05) is 30.7 Å². The summed E-state index contributed by atoms with van der Waals surface area (Å²) in [6, 6.07) is 15.2. The maximum atomic E-state index is 12.3. The Morgan fingerprint density at radius 1 is 1.15 bits per heavy atom. The number of hydrogen-bond donors (Lipinski definition) is 1. The first-order valence-electron chi connectivity index (χ1n) is 8.23. The highest BCUT2D eigenvalue weighted by molar-refractivity contribution is 7.98. The molecule has 0 spiro atoms. The summed E-state index contributed by atoms with van der Waals surface area (Å²) in [7, 11) is -1.82. The van der Waals surface area contributed by atoms with Crippen LogP contribution in [0.2, 0.25) is 0 Å². The number of nitrogens with one attached hydrogen (secondary N) is 1. The lowest BCUT2D eigenvalue weighted by Gasteiger charge is -2.19. The zero-order valence-electron chi connectivity index (χ0n) is 15.2. The molecule has 7 heteroatoms. The number of amides is 1. The minimum Gasteiger partial charge on any atom is -0.351 e. The van der Waals surface area contributed by atoms with Crippen LogP contribution in [0.5, 0.6) is 0 Å². The van der Waals surface area contributed by atoms with Crippen molar-refractivity contribution in [1.82, 2.24) is 5.32 Å². The van der Waals surface area contributed by atoms with E-state index in [9.17, 15) is 13.2 Å². The van der Waals surface area contributed by atoms with E-state index in [-0.39, 0.29) is 5.91 Å². The molecular formula is C19H24N2O3S2. The van der Waals surface area contributed by atoms with Crippen LogP contribution in [0.4, 0.5) is 5.69 Å². The van der Waals surface area contributed by atoms with Crippen LogP contribution in [0.3, 0.4) is 0 Å². The third-order valence-corrected chi connectivity index (χ3v) is 6.16. The third kappa shape index (κ3) is 5.78. The molecule has 2 aromatic rings. The van der Waals surface area contributed by atoms with Crippen molar-refractivity contribution >= 4 is 33.4 Å². The lowest BCUT2D eigenvalue weighted by Crippen LogP contribution is -2.27. The predicted octanol–water partition coefficient (Wildman–Crippen LogP) is 3.05. The van der Waals surface area contributed by atoms with E-state index in [1.165, 1.54) is 16.9 Å². The molecule has 0 unspecified atom stereocenters. The first-order chi connectivity index (χ1) is 12.3. The number of aryl methyl sites for hydroxylation is 1. The van der Waals surface area contributed by atoms with Gasteiger partial charge in [0.05, 0.1) is 11.9 Å². The lowest BCUT2D eigenvalue weighted by molar-refractivity contribution is 0.0956. The van der Waals surface area contributed by atoms with Gasteiger partial charge in [-0.15, -0.1) is 0 Å². The molecular weight excluding hydrogens is 368 g/mol. The van der Waals surface area contributed by atoms with E-state index in [1.807, 2.05) is 18.2 Å². The summed E-state index contributed by atoms with van der Waals surface area (Å²) in [5.41, 5.74) is 3.11. The molecule has 0 radical (unpaired) electrons. The van der Waals surface area contributed by atoms with Gasteiger partial charge in [0.1, 0.15) is 0 Å². The second-order valence-electron chi connectivity index (χ2n) is 6.03. The van der Waals surface area contributed by atoms with Gasteiger partial charge in [-0.3, -0.25) is 9.10 Å². The molecule has 0 aliphatic heterocycles. The number of benzene rings is 2. The van der Waals surface area contributed by atoms with E-state index in [2.05, 4.69) is 17.4 Å². The Bertz CT molecular complexity index is 852. The van der Waals surface area contributed by atoms with Crippen molar-refractivity contribution in [2.75, 3.05) is 29.9 Å². The topological polar surface area (TPSA) is 66.5 Å². The Labute approximate surface area is 159 Å². The number of sulfonamides is 1. The van der Waals surface area contributed by atoms with Gasteiger partial charge in [0.15, 0.2) is 0 Å². The highest BCUT2D eigenvalue weighted by Crippen LogP contribution is 2.22. The minimum absolute atomic E-state index is 0.151. The molecule has 1 N–H and O–H groups in total. The summed E-state index contributed by atoms with van der Waals surface area (Å²) >= 11 is 1.77. The van der Waals surface area contributed by atoms with Crippen molar-refractivity contribution in [3.8, 4) is 0 Å². The Morgan fingerprint density at radius 3 is 2.46 bits per heavy atom. The Kier molecular flexibility index (Phi) is 7.11. The van der Waals surface area contributed by atoms with E-state index >= 15 is 0 Å². The van der Waals surface area contributed by atoms with Gasteiger partial charge >= 0.3 is 0 Å². The van der Waals surface area contributed by atoms with Crippen molar-refractivity contribution in [3.05, 3.63) is 65.2 Å². The van der Waals surface area contributed by atoms with Gasteiger partial charge in [-0.2, -0.15) is 11.8 Å². The van der Waals surface area contributed by atoms with Crippen LogP contribution in [0.1, 0.15) is 21.5 Å². The fraction of sp³-hybridized carbons (Fsp3) is 0.316. The Hall–Kier alpha value is -1.99. The molecule has 140 valence electrons. The SMILES string of the molecule is Cc1cc(C(=O)NCCSCc2ccccc2)ccc1N(C)S(C)(=O)=O. The summed E-state index contributed by atoms with van der Waals surface area (Å²) in [5, 5.41) is 2.90. The molecule has 0 saturated heterocycles. The quantitative estimate of drug-likeness (QED) is 0.701. The van der Waals surface area contributed by atoms with Crippen LogP contribution >= 0.6 is 11.8 Å². The summed E-state index contributed by atoms with van der Waals surface area (Å²) in [4.78, 5) is 12.3. The molecule has 0 fully saturated rings. The van der Waals surface area contributed by atoms with Gasteiger partial charge in [0.2, 0.25) is 10.0 Å². The highest BCUT2D eigenvalue weighted by Gasteiger charge is 2.15. The largest absolute Gasteiger partial charge is 0.351 e. The molecule has 0 bridgehead atoms. The molecule has 0 aliphatic carbocycles. The fourth-order valence-corrected chi connectivity index (χ4v) is 3.81. The normalized spacial score (nSPS) is 11.2. The minimum atomic E-state index is -3.32. The molecule has 2 rings (SSSR count). The van der Waals surface area contributed by atoms with Crippen molar-refractivity contribution in [3.63, 3.8) is 0 Å². The number of carbonyl (C=O) groups excluding carboxylic acids is 1. The van der Waals surface area contributed by atoms with Crippen LogP contribution in [-0.2, 0) is 15.8 Å². The molecule has 0 heterocycles. The molecule has 0 saturated carbocycles. The summed E-state index contributed by atoms with van der Waals surface area (Å²) in [5.74, 6) is 1.60. The number of thioether (sulfide) groups is 1. The molecule has 1 amide bonds. The number of anilines is 1. The van der Waals surface area contributed by atoms with Crippen LogP contribution in [0, 0.1) is 6.92 Å². The molecule has 26 heavy (non-hydrogen) atoms. The summed E-state index contributed by atoms with van der Waals surface area (Å²) in [6.07, 6.45) is 1.15. The third-order valence-electron chi connectivity index (χ3n) is 3.94. The predicted molar refractivity (Wildman–Crippen MR) is 109 cm³/mol. The second kappa shape index (κ2) is 9.09. The standard InChI is InChI=1S/C19H24N2O3S2/c1-15-13-17(9-10-18(15)21(2)26(3,23)24)19(22)20-11-12-25-14-16-7-5-4-6-8-16/h4-10,13H,11-12,14H2,1-3H3,(H,20,22). The monoisotopic (exact) mass is 392 g/mol. The molecule has 5 nitrogen and oxygen atoms in total. The van der Waals surface area contributed by atoms with Gasteiger partial charge in [-0.1, -0.05) is 30.3 Å². The maximum absolute atomic E-state index is 12.3. The fourth-order valence-electron chi connectivity index (χ4n) is 2.43. The zero-order chi connectivity index (χ0) is 19.2. The smallest absolute Gasteiger partial charge is 0.251 e. The summed E-state index contributed by atoms with van der Waals surface area (Å²) in [6.45, 7) is 2.38. The van der Waals surface area contributed by atoms with E-state index in [4.69, 9.17) is 0 Å². The number of hydrogen-bond acceptors (Lipinski definition) is 4. The van der Waals surface area contributed by atoms with Crippen LogP contribution < -0.4 is 9.62 Å². The van der Waals surface area contributed by atoms with Gasteiger partial charge in [-0.25, -0.2) is 8.42 Å². The molecule has 2 aromatic carbocycles. The Balaban J connectivity index is 1.85. The van der Waals surface area contributed by atoms with Crippen molar-refractivity contribution in [2.45, 2.75) is 12.7 Å². The van der Waals surface area contributed by atoms with Crippen molar-refractivity contribution < 1.29 is 13.2 Å².